The van der Waals surface area contributed by atoms with E-state index in [2.05, 4.69) is 0 Å². The lowest BCUT2D eigenvalue weighted by atomic mass is 10.1. The van der Waals surface area contributed by atoms with E-state index in [9.17, 15) is 13.5 Å². The third kappa shape index (κ3) is 3.94. The van der Waals surface area contributed by atoms with Crippen molar-refractivity contribution < 1.29 is 18.4 Å². The normalized spacial score (nSPS) is 17.5. The summed E-state index contributed by atoms with van der Waals surface area (Å²) in [5, 5.41) is 19.5. The second-order valence-corrected chi connectivity index (χ2v) is 8.30. The Balaban J connectivity index is 1.64. The Labute approximate surface area is 154 Å². The van der Waals surface area contributed by atoms with Gasteiger partial charge in [-0.2, -0.15) is 9.57 Å². The lowest BCUT2D eigenvalue weighted by Crippen LogP contribution is -3.15. The summed E-state index contributed by atoms with van der Waals surface area (Å²) in [5.41, 5.74) is 1.04. The van der Waals surface area contributed by atoms with E-state index < -0.39 is 16.1 Å². The number of benzene rings is 2. The minimum Gasteiger partial charge on any atom is -0.382 e. The van der Waals surface area contributed by atoms with Crippen LogP contribution >= 0.6 is 0 Å². The molecule has 0 bridgehead atoms. The Kier molecular flexibility index (Phi) is 5.69. The molecular weight excluding hydrogens is 350 g/mol. The van der Waals surface area contributed by atoms with Crippen LogP contribution in [0.3, 0.4) is 0 Å². The maximum absolute atomic E-state index is 12.8. The van der Waals surface area contributed by atoms with Crippen molar-refractivity contribution in [2.24, 2.45) is 0 Å². The molecule has 3 rings (SSSR count). The van der Waals surface area contributed by atoms with Gasteiger partial charge in [-0.05, 0) is 17.7 Å². The number of hydrogen-bond acceptors (Lipinski definition) is 4. The maximum Gasteiger partial charge on any atom is 0.244 e. The van der Waals surface area contributed by atoms with E-state index in [0.29, 0.717) is 32.7 Å². The fourth-order valence-electron chi connectivity index (χ4n) is 3.24. The van der Waals surface area contributed by atoms with Gasteiger partial charge in [0.2, 0.25) is 10.0 Å². The molecule has 0 amide bonds. The van der Waals surface area contributed by atoms with Crippen LogP contribution < -0.4 is 4.90 Å². The highest BCUT2D eigenvalue weighted by Gasteiger charge is 2.32. The molecule has 136 valence electrons. The van der Waals surface area contributed by atoms with Crippen LogP contribution in [-0.2, 0) is 10.0 Å². The van der Waals surface area contributed by atoms with Crippen LogP contribution in [0.1, 0.15) is 17.2 Å². The van der Waals surface area contributed by atoms with Crippen molar-refractivity contribution in [2.75, 3.05) is 32.7 Å². The summed E-state index contributed by atoms with van der Waals surface area (Å²) in [6.07, 6.45) is -0.561. The minimum absolute atomic E-state index is 0.0651. The molecule has 6 nitrogen and oxygen atoms in total. The van der Waals surface area contributed by atoms with E-state index in [1.54, 1.807) is 12.1 Å². The van der Waals surface area contributed by atoms with Gasteiger partial charge >= 0.3 is 0 Å². The Bertz CT molecular complexity index is 886. The first-order valence-corrected chi connectivity index (χ1v) is 10.0. The first kappa shape index (κ1) is 18.5. The smallest absolute Gasteiger partial charge is 0.244 e. The van der Waals surface area contributed by atoms with Crippen molar-refractivity contribution >= 4 is 10.0 Å². The number of piperazine rings is 1. The molecule has 1 saturated heterocycles. The molecule has 0 radical (unpaired) electrons. The van der Waals surface area contributed by atoms with Crippen LogP contribution in [0.4, 0.5) is 0 Å². The molecule has 0 aromatic heterocycles. The van der Waals surface area contributed by atoms with Gasteiger partial charge in [-0.3, -0.25) is 0 Å². The molecule has 1 heterocycles. The fraction of sp³-hybridized carbons (Fsp3) is 0.316. The monoisotopic (exact) mass is 372 g/mol. The van der Waals surface area contributed by atoms with Gasteiger partial charge in [-0.25, -0.2) is 8.42 Å². The Morgan fingerprint density at radius 3 is 2.35 bits per heavy atom. The quantitative estimate of drug-likeness (QED) is 0.784. The summed E-state index contributed by atoms with van der Waals surface area (Å²) in [6, 6.07) is 17.7. The Morgan fingerprint density at radius 2 is 1.69 bits per heavy atom. The molecule has 0 aliphatic carbocycles. The molecule has 1 aliphatic heterocycles. The molecule has 0 spiro atoms. The van der Waals surface area contributed by atoms with Gasteiger partial charge in [0, 0.05) is 0 Å². The third-order valence-corrected chi connectivity index (χ3v) is 6.68. The van der Waals surface area contributed by atoms with Crippen LogP contribution in [-0.4, -0.2) is 50.6 Å². The van der Waals surface area contributed by atoms with Crippen LogP contribution in [0.5, 0.6) is 0 Å². The molecular formula is C19H22N3O3S+. The summed E-state index contributed by atoms with van der Waals surface area (Å²) < 4.78 is 27.1. The standard InChI is InChI=1S/C19H21N3O3S/c20-14-17-8-4-5-9-19(17)26(24,25)22-12-10-21(11-13-22)15-18(23)16-6-2-1-3-7-16/h1-9,18,23H,10-13,15H2/p+1/t18-/m0/s1. The number of aliphatic hydroxyl groups is 1. The van der Waals surface area contributed by atoms with Crippen molar-refractivity contribution in [3.63, 3.8) is 0 Å². The molecule has 26 heavy (non-hydrogen) atoms. The van der Waals surface area contributed by atoms with Crippen LogP contribution in [0.25, 0.3) is 0 Å². The summed E-state index contributed by atoms with van der Waals surface area (Å²) >= 11 is 0. The van der Waals surface area contributed by atoms with Crippen molar-refractivity contribution in [3.05, 3.63) is 65.7 Å². The van der Waals surface area contributed by atoms with Gasteiger partial charge in [-0.15, -0.1) is 0 Å². The van der Waals surface area contributed by atoms with E-state index in [1.165, 1.54) is 21.3 Å². The SMILES string of the molecule is N#Cc1ccccc1S(=O)(=O)N1CC[NH+](C[C@H](O)c2ccccc2)CC1. The number of rotatable bonds is 5. The number of hydrogen-bond donors (Lipinski definition) is 2. The van der Waals surface area contributed by atoms with Gasteiger partial charge in [-0.1, -0.05) is 42.5 Å². The summed E-state index contributed by atoms with van der Waals surface area (Å²) in [5.74, 6) is 0. The third-order valence-electron chi connectivity index (χ3n) is 4.72. The lowest BCUT2D eigenvalue weighted by molar-refractivity contribution is -0.907. The van der Waals surface area contributed by atoms with Gasteiger partial charge in [0.15, 0.2) is 0 Å². The molecule has 2 aromatic carbocycles. The second kappa shape index (κ2) is 7.98. The topological polar surface area (TPSA) is 85.8 Å². The number of quaternary nitrogens is 1. The number of nitrogens with zero attached hydrogens (tertiary/aromatic N) is 2. The average Bonchev–Trinajstić information content (AvgIpc) is 2.69. The van der Waals surface area contributed by atoms with Gasteiger partial charge < -0.3 is 10.0 Å². The van der Waals surface area contributed by atoms with Crippen molar-refractivity contribution in [1.29, 1.82) is 5.26 Å². The molecule has 1 atom stereocenters. The summed E-state index contributed by atoms with van der Waals surface area (Å²) in [4.78, 5) is 1.23. The lowest BCUT2D eigenvalue weighted by Gasteiger charge is -2.32. The van der Waals surface area contributed by atoms with E-state index >= 15 is 0 Å². The maximum atomic E-state index is 12.8. The zero-order valence-electron chi connectivity index (χ0n) is 14.4. The van der Waals surface area contributed by atoms with E-state index in [1.807, 2.05) is 36.4 Å². The van der Waals surface area contributed by atoms with Crippen molar-refractivity contribution in [3.8, 4) is 6.07 Å². The highest BCUT2D eigenvalue weighted by atomic mass is 32.2. The van der Waals surface area contributed by atoms with Gasteiger partial charge in [0.05, 0.1) is 36.6 Å². The minimum atomic E-state index is -3.67. The Morgan fingerprint density at radius 1 is 1.08 bits per heavy atom. The highest BCUT2D eigenvalue weighted by molar-refractivity contribution is 7.89. The molecule has 0 saturated carbocycles. The zero-order chi connectivity index (χ0) is 18.6. The molecule has 0 unspecified atom stereocenters. The number of nitriles is 1. The summed E-state index contributed by atoms with van der Waals surface area (Å²) in [7, 11) is -3.67. The van der Waals surface area contributed by atoms with Crippen LogP contribution in [0.2, 0.25) is 0 Å². The van der Waals surface area contributed by atoms with E-state index in [-0.39, 0.29) is 10.5 Å². The van der Waals surface area contributed by atoms with Crippen molar-refractivity contribution in [1.82, 2.24) is 4.31 Å². The molecule has 7 heteroatoms. The molecule has 1 fully saturated rings. The summed E-state index contributed by atoms with van der Waals surface area (Å²) in [6.45, 7) is 2.54. The Hall–Kier alpha value is -2.24. The highest BCUT2D eigenvalue weighted by Crippen LogP contribution is 2.19. The molecule has 2 aromatic rings. The fourth-order valence-corrected chi connectivity index (χ4v) is 4.82. The van der Waals surface area contributed by atoms with Gasteiger partial charge in [0.1, 0.15) is 18.7 Å². The van der Waals surface area contributed by atoms with Crippen molar-refractivity contribution in [2.45, 2.75) is 11.0 Å². The van der Waals surface area contributed by atoms with Gasteiger partial charge in [0.25, 0.3) is 0 Å². The number of aliphatic hydroxyl groups excluding tert-OH is 1. The molecule has 1 aliphatic rings. The predicted octanol–water partition coefficient (Wildman–Crippen LogP) is 0.181. The average molecular weight is 372 g/mol. The first-order valence-electron chi connectivity index (χ1n) is 8.58. The van der Waals surface area contributed by atoms with Crippen LogP contribution in [0.15, 0.2) is 59.5 Å². The second-order valence-electron chi connectivity index (χ2n) is 6.39. The zero-order valence-corrected chi connectivity index (χ0v) is 15.2. The van der Waals surface area contributed by atoms with E-state index in [4.69, 9.17) is 5.26 Å². The largest absolute Gasteiger partial charge is 0.382 e. The number of sulfonamides is 1. The first-order chi connectivity index (χ1) is 12.5. The predicted molar refractivity (Wildman–Crippen MR) is 96.9 cm³/mol. The van der Waals surface area contributed by atoms with E-state index in [0.717, 1.165) is 5.56 Å². The molecule has 2 N–H and O–H groups in total. The van der Waals surface area contributed by atoms with Crippen LogP contribution in [0, 0.1) is 11.3 Å². The number of nitrogens with one attached hydrogen (secondary N) is 1.